The van der Waals surface area contributed by atoms with Crippen LogP contribution in [0.5, 0.6) is 0 Å². The lowest BCUT2D eigenvalue weighted by Crippen LogP contribution is -2.43. The summed E-state index contributed by atoms with van der Waals surface area (Å²) in [6, 6.07) is 6.45. The molecule has 1 aromatic carbocycles. The number of aryl methyl sites for hydroxylation is 1. The van der Waals surface area contributed by atoms with Gasteiger partial charge in [0.2, 0.25) is 5.91 Å². The number of nitrogens with zero attached hydrogens (tertiary/aromatic N) is 3. The predicted molar refractivity (Wildman–Crippen MR) is 119 cm³/mol. The first kappa shape index (κ1) is 23.7. The highest BCUT2D eigenvalue weighted by molar-refractivity contribution is 6.07. The summed E-state index contributed by atoms with van der Waals surface area (Å²) in [5.41, 5.74) is -0.403. The molecule has 3 heterocycles. The van der Waals surface area contributed by atoms with Gasteiger partial charge in [-0.3, -0.25) is 9.59 Å². The largest absolute Gasteiger partial charge is 0.417 e. The Kier molecular flexibility index (Phi) is 6.58. The van der Waals surface area contributed by atoms with Crippen molar-refractivity contribution >= 4 is 22.9 Å². The van der Waals surface area contributed by atoms with Crippen LogP contribution in [0.3, 0.4) is 0 Å². The smallest absolute Gasteiger partial charge is 0.356 e. The molecule has 3 aromatic rings. The van der Waals surface area contributed by atoms with Crippen LogP contribution < -0.4 is 5.32 Å². The molecule has 4 rings (SSSR count). The molecule has 1 aliphatic rings. The number of rotatable bonds is 5. The van der Waals surface area contributed by atoms with Crippen molar-refractivity contribution < 1.29 is 27.3 Å². The molecular weight excluding hydrogens is 449 g/mol. The molecule has 0 aliphatic carbocycles. The van der Waals surface area contributed by atoms with E-state index in [1.807, 2.05) is 6.92 Å². The summed E-state index contributed by atoms with van der Waals surface area (Å²) in [5.74, 6) is -0.530. The van der Waals surface area contributed by atoms with E-state index in [-0.39, 0.29) is 40.3 Å². The number of likely N-dealkylation sites (tertiary alicyclic amines) is 1. The molecule has 0 atom stereocenters. The van der Waals surface area contributed by atoms with Gasteiger partial charge >= 0.3 is 6.18 Å². The van der Waals surface area contributed by atoms with Gasteiger partial charge in [0, 0.05) is 31.1 Å². The molecule has 2 aromatic heterocycles. The maximum Gasteiger partial charge on any atom is 0.417 e. The first-order chi connectivity index (χ1) is 16.2. The number of fused-ring (bicyclic) bond motifs is 1. The van der Waals surface area contributed by atoms with Crippen molar-refractivity contribution in [3.8, 4) is 11.3 Å². The Hall–Kier alpha value is -3.43. The van der Waals surface area contributed by atoms with E-state index in [4.69, 9.17) is 4.52 Å². The van der Waals surface area contributed by atoms with Crippen molar-refractivity contribution in [2.75, 3.05) is 19.6 Å². The fourth-order valence-corrected chi connectivity index (χ4v) is 4.26. The fraction of sp³-hybridized carbons (Fsp3) is 0.417. The zero-order chi connectivity index (χ0) is 24.5. The number of halogens is 3. The van der Waals surface area contributed by atoms with E-state index in [1.165, 1.54) is 24.3 Å². The van der Waals surface area contributed by atoms with E-state index in [0.717, 1.165) is 12.5 Å². The van der Waals surface area contributed by atoms with Gasteiger partial charge in [0.15, 0.2) is 0 Å². The molecule has 1 saturated heterocycles. The van der Waals surface area contributed by atoms with Crippen LogP contribution in [-0.4, -0.2) is 46.5 Å². The summed E-state index contributed by atoms with van der Waals surface area (Å²) < 4.78 is 46.1. The lowest BCUT2D eigenvalue weighted by molar-refractivity contribution is -0.137. The standard InChI is InChI=1S/C24H25F3N4O3/c1-3-10-28-21(32)15-8-11-31(12-9-15)23(33)17-13-19(29-22-20(17)14(2)30-34-22)16-6-4-5-7-18(16)24(25,26)27/h4-7,13,15H,3,8-12H2,1-2H3,(H,28,32). The number of amides is 2. The van der Waals surface area contributed by atoms with Gasteiger partial charge < -0.3 is 14.7 Å². The van der Waals surface area contributed by atoms with Crippen LogP contribution in [0, 0.1) is 12.8 Å². The van der Waals surface area contributed by atoms with Crippen molar-refractivity contribution in [2.24, 2.45) is 5.92 Å². The van der Waals surface area contributed by atoms with Crippen LogP contribution in [0.1, 0.15) is 47.8 Å². The van der Waals surface area contributed by atoms with Crippen LogP contribution >= 0.6 is 0 Å². The van der Waals surface area contributed by atoms with E-state index in [9.17, 15) is 22.8 Å². The molecule has 0 bridgehead atoms. The summed E-state index contributed by atoms with van der Waals surface area (Å²) in [6.07, 6.45) is -2.71. The third-order valence-corrected chi connectivity index (χ3v) is 6.06. The van der Waals surface area contributed by atoms with Gasteiger partial charge in [-0.25, -0.2) is 4.98 Å². The number of aromatic nitrogens is 2. The number of hydrogen-bond acceptors (Lipinski definition) is 5. The molecule has 1 aliphatic heterocycles. The SMILES string of the molecule is CCCNC(=O)C1CCN(C(=O)c2cc(-c3ccccc3C(F)(F)F)nc3onc(C)c23)CC1. The second-order valence-corrected chi connectivity index (χ2v) is 8.40. The summed E-state index contributed by atoms with van der Waals surface area (Å²) in [4.78, 5) is 31.6. The number of carbonyl (C=O) groups excluding carboxylic acids is 2. The molecule has 180 valence electrons. The maximum absolute atomic E-state index is 13.6. The van der Waals surface area contributed by atoms with Gasteiger partial charge in [-0.15, -0.1) is 0 Å². The zero-order valence-corrected chi connectivity index (χ0v) is 18.9. The van der Waals surface area contributed by atoms with Gasteiger partial charge in [-0.1, -0.05) is 30.3 Å². The molecule has 34 heavy (non-hydrogen) atoms. The Morgan fingerprint density at radius 2 is 1.91 bits per heavy atom. The van der Waals surface area contributed by atoms with Crippen molar-refractivity contribution in [1.82, 2.24) is 20.4 Å². The average Bonchev–Trinajstić information content (AvgIpc) is 3.21. The number of benzene rings is 1. The Morgan fingerprint density at radius 1 is 1.21 bits per heavy atom. The number of nitrogens with one attached hydrogen (secondary N) is 1. The third-order valence-electron chi connectivity index (χ3n) is 6.06. The van der Waals surface area contributed by atoms with Crippen LogP contribution in [0.2, 0.25) is 0 Å². The Morgan fingerprint density at radius 3 is 2.59 bits per heavy atom. The first-order valence-electron chi connectivity index (χ1n) is 11.2. The first-order valence-corrected chi connectivity index (χ1v) is 11.2. The summed E-state index contributed by atoms with van der Waals surface area (Å²) in [7, 11) is 0. The predicted octanol–water partition coefficient (Wildman–Crippen LogP) is 4.60. The minimum atomic E-state index is -4.59. The Labute approximate surface area is 194 Å². The Bertz CT molecular complexity index is 1210. The fourth-order valence-electron chi connectivity index (χ4n) is 4.26. The third kappa shape index (κ3) is 4.62. The highest BCUT2D eigenvalue weighted by atomic mass is 19.4. The van der Waals surface area contributed by atoms with Gasteiger partial charge in [-0.05, 0) is 38.3 Å². The van der Waals surface area contributed by atoms with Crippen LogP contribution in [-0.2, 0) is 11.0 Å². The van der Waals surface area contributed by atoms with Crippen LogP contribution in [0.25, 0.3) is 22.4 Å². The maximum atomic E-state index is 13.6. The molecule has 0 radical (unpaired) electrons. The molecule has 0 saturated carbocycles. The van der Waals surface area contributed by atoms with Crippen molar-refractivity contribution in [3.05, 3.63) is 47.2 Å². The zero-order valence-electron chi connectivity index (χ0n) is 18.9. The van der Waals surface area contributed by atoms with E-state index >= 15 is 0 Å². The lowest BCUT2D eigenvalue weighted by Gasteiger charge is -2.31. The average molecular weight is 474 g/mol. The summed E-state index contributed by atoms with van der Waals surface area (Å²) >= 11 is 0. The molecule has 7 nitrogen and oxygen atoms in total. The van der Waals surface area contributed by atoms with Crippen molar-refractivity contribution in [2.45, 2.75) is 39.3 Å². The van der Waals surface area contributed by atoms with Crippen LogP contribution in [0.15, 0.2) is 34.9 Å². The van der Waals surface area contributed by atoms with Gasteiger partial charge in [0.25, 0.3) is 11.6 Å². The second kappa shape index (κ2) is 9.44. The molecule has 1 fully saturated rings. The number of pyridine rings is 1. The topological polar surface area (TPSA) is 88.3 Å². The monoisotopic (exact) mass is 474 g/mol. The molecule has 10 heteroatoms. The van der Waals surface area contributed by atoms with Gasteiger partial charge in [0.1, 0.15) is 0 Å². The Balaban J connectivity index is 1.67. The van der Waals surface area contributed by atoms with E-state index < -0.39 is 11.7 Å². The lowest BCUT2D eigenvalue weighted by atomic mass is 9.94. The van der Waals surface area contributed by atoms with Gasteiger partial charge in [0.05, 0.1) is 27.9 Å². The summed E-state index contributed by atoms with van der Waals surface area (Å²) in [6.45, 7) is 4.97. The molecular formula is C24H25F3N4O3. The molecule has 0 unspecified atom stereocenters. The van der Waals surface area contributed by atoms with Gasteiger partial charge in [-0.2, -0.15) is 13.2 Å². The quantitative estimate of drug-likeness (QED) is 0.584. The minimum absolute atomic E-state index is 0.00385. The highest BCUT2D eigenvalue weighted by Gasteiger charge is 2.35. The number of hydrogen-bond donors (Lipinski definition) is 1. The van der Waals surface area contributed by atoms with E-state index in [2.05, 4.69) is 15.5 Å². The second-order valence-electron chi connectivity index (χ2n) is 8.40. The highest BCUT2D eigenvalue weighted by Crippen LogP contribution is 2.38. The molecule has 0 spiro atoms. The van der Waals surface area contributed by atoms with E-state index in [0.29, 0.717) is 43.6 Å². The van der Waals surface area contributed by atoms with Crippen LogP contribution in [0.4, 0.5) is 13.2 Å². The molecule has 2 amide bonds. The molecule has 1 N–H and O–H groups in total. The minimum Gasteiger partial charge on any atom is -0.356 e. The number of carbonyl (C=O) groups is 2. The number of alkyl halides is 3. The van der Waals surface area contributed by atoms with E-state index in [1.54, 1.807) is 11.8 Å². The normalized spacial score (nSPS) is 15.0. The summed E-state index contributed by atoms with van der Waals surface area (Å²) in [5, 5.41) is 7.13. The number of piperidine rings is 1. The van der Waals surface area contributed by atoms with Crippen molar-refractivity contribution in [1.29, 1.82) is 0 Å². The van der Waals surface area contributed by atoms with Crippen molar-refractivity contribution in [3.63, 3.8) is 0 Å².